The smallest absolute Gasteiger partial charge is 0.293 e. The number of alkyl halides is 3. The first-order valence-corrected chi connectivity index (χ1v) is 8.95. The highest BCUT2D eigenvalue weighted by molar-refractivity contribution is 5.39. The zero-order valence-electron chi connectivity index (χ0n) is 15.9. The van der Waals surface area contributed by atoms with Crippen molar-refractivity contribution in [2.45, 2.75) is 70.7 Å². The van der Waals surface area contributed by atoms with Crippen LogP contribution in [0.3, 0.4) is 0 Å². The van der Waals surface area contributed by atoms with Crippen LogP contribution in [0.25, 0.3) is 0 Å². The van der Waals surface area contributed by atoms with Gasteiger partial charge in [-0.05, 0) is 68.2 Å². The van der Waals surface area contributed by atoms with E-state index in [1.165, 1.54) is 12.1 Å². The van der Waals surface area contributed by atoms with Crippen LogP contribution in [0.15, 0.2) is 18.2 Å². The molecule has 1 aromatic carbocycles. The molecular weight excluding hydrogens is 327 g/mol. The molecule has 1 aromatic rings. The summed E-state index contributed by atoms with van der Waals surface area (Å²) in [7, 11) is 1.97. The summed E-state index contributed by atoms with van der Waals surface area (Å²) < 4.78 is 39.7. The summed E-state index contributed by atoms with van der Waals surface area (Å²) in [6.07, 6.45) is -2.61. The second-order valence-corrected chi connectivity index (χ2v) is 8.81. The van der Waals surface area contributed by atoms with Crippen LogP contribution in [0.4, 0.5) is 13.2 Å². The van der Waals surface area contributed by atoms with Gasteiger partial charge in [0.2, 0.25) is 0 Å². The minimum Gasteiger partial charge on any atom is -0.293 e. The van der Waals surface area contributed by atoms with Gasteiger partial charge in [0.05, 0.1) is 11.2 Å². The van der Waals surface area contributed by atoms with E-state index < -0.39 is 11.7 Å². The molecule has 0 unspecified atom stereocenters. The summed E-state index contributed by atoms with van der Waals surface area (Å²) in [6.45, 7) is 10.4. The average Bonchev–Trinajstić information content (AvgIpc) is 2.67. The number of hydrogen-bond donors (Lipinski definition) is 0. The van der Waals surface area contributed by atoms with Gasteiger partial charge < -0.3 is 0 Å². The number of hydroxylamine groups is 2. The molecule has 0 radical (unpaired) electrons. The molecule has 3 rings (SSSR count). The number of rotatable bonds is 1. The maximum Gasteiger partial charge on any atom is 0.416 e. The van der Waals surface area contributed by atoms with Crippen LogP contribution in [0.1, 0.15) is 57.2 Å². The Morgan fingerprint density at radius 2 is 1.80 bits per heavy atom. The molecule has 0 aromatic heterocycles. The Morgan fingerprint density at radius 3 is 2.40 bits per heavy atom. The van der Waals surface area contributed by atoms with E-state index in [0.29, 0.717) is 17.9 Å². The number of halogens is 3. The lowest BCUT2D eigenvalue weighted by molar-refractivity contribution is -0.182. The van der Waals surface area contributed by atoms with E-state index in [1.54, 1.807) is 6.07 Å². The van der Waals surface area contributed by atoms with Crippen molar-refractivity contribution in [2.24, 2.45) is 11.8 Å². The topological polar surface area (TPSA) is 12.5 Å². The lowest BCUT2D eigenvalue weighted by Gasteiger charge is -2.47. The highest BCUT2D eigenvalue weighted by atomic mass is 19.4. The molecule has 0 bridgehead atoms. The molecule has 1 aliphatic carbocycles. The van der Waals surface area contributed by atoms with Crippen molar-refractivity contribution in [3.63, 3.8) is 0 Å². The standard InChI is InChI=1S/C20H28F3NO/c1-12-7-8-14(20(21,22)23)9-15(12)19(5)10-13(2)17-16(11-19)18(3,4)25-24(17)6/h7-9,13,16-17H,10-11H2,1-6H3/t13-,16+,17+,19+/m0/s1. The minimum absolute atomic E-state index is 0.280. The van der Waals surface area contributed by atoms with Gasteiger partial charge in [-0.2, -0.15) is 18.2 Å². The highest BCUT2D eigenvalue weighted by Gasteiger charge is 2.55. The van der Waals surface area contributed by atoms with Crippen molar-refractivity contribution >= 4 is 0 Å². The van der Waals surface area contributed by atoms with E-state index in [0.717, 1.165) is 24.0 Å². The van der Waals surface area contributed by atoms with E-state index in [1.807, 2.05) is 19.0 Å². The van der Waals surface area contributed by atoms with Gasteiger partial charge >= 0.3 is 6.18 Å². The van der Waals surface area contributed by atoms with Gasteiger partial charge in [-0.15, -0.1) is 0 Å². The molecule has 5 heteroatoms. The average molecular weight is 355 g/mol. The van der Waals surface area contributed by atoms with Gasteiger partial charge in [-0.1, -0.05) is 19.9 Å². The molecule has 0 amide bonds. The Labute approximate surface area is 148 Å². The Hall–Kier alpha value is -1.07. The maximum absolute atomic E-state index is 13.2. The Balaban J connectivity index is 2.03. The van der Waals surface area contributed by atoms with Crippen molar-refractivity contribution < 1.29 is 18.0 Å². The first kappa shape index (κ1) is 18.7. The molecular formula is C20H28F3NO. The second-order valence-electron chi connectivity index (χ2n) is 8.81. The molecule has 2 aliphatic rings. The number of aryl methyl sites for hydroxylation is 1. The van der Waals surface area contributed by atoms with E-state index in [2.05, 4.69) is 27.7 Å². The number of nitrogens with zero attached hydrogens (tertiary/aromatic N) is 1. The van der Waals surface area contributed by atoms with E-state index in [4.69, 9.17) is 4.84 Å². The number of hydrogen-bond acceptors (Lipinski definition) is 2. The van der Waals surface area contributed by atoms with E-state index in [9.17, 15) is 13.2 Å². The lowest BCUT2D eigenvalue weighted by atomic mass is 9.58. The molecule has 2 fully saturated rings. The summed E-state index contributed by atoms with van der Waals surface area (Å²) in [6, 6.07) is 4.49. The van der Waals surface area contributed by atoms with Gasteiger partial charge in [-0.3, -0.25) is 4.84 Å². The van der Waals surface area contributed by atoms with E-state index in [-0.39, 0.29) is 11.0 Å². The van der Waals surface area contributed by atoms with Gasteiger partial charge in [0, 0.05) is 19.0 Å². The zero-order valence-corrected chi connectivity index (χ0v) is 15.9. The van der Waals surface area contributed by atoms with Crippen LogP contribution in [-0.4, -0.2) is 23.8 Å². The molecule has 4 atom stereocenters. The van der Waals surface area contributed by atoms with Crippen molar-refractivity contribution in [3.8, 4) is 0 Å². The van der Waals surface area contributed by atoms with Gasteiger partial charge in [0.1, 0.15) is 0 Å². The fraction of sp³-hybridized carbons (Fsp3) is 0.700. The molecule has 0 N–H and O–H groups in total. The molecule has 1 aliphatic heterocycles. The summed E-state index contributed by atoms with van der Waals surface area (Å²) in [5.41, 5.74) is 0.634. The molecule has 1 heterocycles. The van der Waals surface area contributed by atoms with Crippen molar-refractivity contribution in [1.29, 1.82) is 0 Å². The van der Waals surface area contributed by atoms with Crippen LogP contribution in [-0.2, 0) is 16.4 Å². The summed E-state index contributed by atoms with van der Waals surface area (Å²) in [5.74, 6) is 0.643. The molecule has 2 nitrogen and oxygen atoms in total. The largest absolute Gasteiger partial charge is 0.416 e. The second kappa shape index (κ2) is 5.71. The van der Waals surface area contributed by atoms with Crippen LogP contribution in [0.5, 0.6) is 0 Å². The van der Waals surface area contributed by atoms with Gasteiger partial charge in [0.15, 0.2) is 0 Å². The third-order valence-electron chi connectivity index (χ3n) is 6.35. The third kappa shape index (κ3) is 3.10. The van der Waals surface area contributed by atoms with Crippen molar-refractivity contribution in [2.75, 3.05) is 7.05 Å². The predicted molar refractivity (Wildman–Crippen MR) is 92.1 cm³/mol. The first-order valence-electron chi connectivity index (χ1n) is 8.95. The molecule has 140 valence electrons. The maximum atomic E-state index is 13.2. The lowest BCUT2D eigenvalue weighted by Crippen LogP contribution is -2.48. The fourth-order valence-corrected chi connectivity index (χ4v) is 5.35. The van der Waals surface area contributed by atoms with Crippen LogP contribution >= 0.6 is 0 Å². The van der Waals surface area contributed by atoms with E-state index >= 15 is 0 Å². The normalized spacial score (nSPS) is 35.6. The Bertz CT molecular complexity index is 669. The SMILES string of the molecule is Cc1ccc(C(F)(F)F)cc1[C@@]1(C)C[C@@H]2[C@@H]([C@@H](C)C1)N(C)OC2(C)C. The molecule has 25 heavy (non-hydrogen) atoms. The minimum atomic E-state index is -4.31. The third-order valence-corrected chi connectivity index (χ3v) is 6.35. The zero-order chi connectivity index (χ0) is 18.8. The summed E-state index contributed by atoms with van der Waals surface area (Å²) >= 11 is 0. The molecule has 1 saturated heterocycles. The predicted octanol–water partition coefficient (Wildman–Crippen LogP) is 5.34. The Kier molecular flexibility index (Phi) is 4.28. The number of benzene rings is 1. The first-order chi connectivity index (χ1) is 11.3. The molecule has 0 spiro atoms. The fourth-order valence-electron chi connectivity index (χ4n) is 5.35. The van der Waals surface area contributed by atoms with Crippen molar-refractivity contribution in [1.82, 2.24) is 5.06 Å². The Morgan fingerprint density at radius 1 is 1.16 bits per heavy atom. The van der Waals surface area contributed by atoms with Crippen LogP contribution < -0.4 is 0 Å². The monoisotopic (exact) mass is 355 g/mol. The number of fused-ring (bicyclic) bond motifs is 1. The van der Waals surface area contributed by atoms with Gasteiger partial charge in [0.25, 0.3) is 0 Å². The summed E-state index contributed by atoms with van der Waals surface area (Å²) in [4.78, 5) is 6.06. The van der Waals surface area contributed by atoms with Gasteiger partial charge in [-0.25, -0.2) is 0 Å². The summed E-state index contributed by atoms with van der Waals surface area (Å²) in [5, 5.41) is 1.97. The quantitative estimate of drug-likeness (QED) is 0.674. The van der Waals surface area contributed by atoms with Crippen LogP contribution in [0.2, 0.25) is 0 Å². The van der Waals surface area contributed by atoms with Crippen molar-refractivity contribution in [3.05, 3.63) is 34.9 Å². The molecule has 1 saturated carbocycles. The van der Waals surface area contributed by atoms with Crippen LogP contribution in [0, 0.1) is 18.8 Å². The highest BCUT2D eigenvalue weighted by Crippen LogP contribution is 2.53.